The molecule has 3 nitrogen and oxygen atoms in total. The first-order valence-corrected chi connectivity index (χ1v) is 11.0. The van der Waals surface area contributed by atoms with Gasteiger partial charge < -0.3 is 4.42 Å². The quantitative estimate of drug-likeness (QED) is 0.288. The summed E-state index contributed by atoms with van der Waals surface area (Å²) < 4.78 is 19.6. The number of carbonyl (C=O) groups is 1. The molecule has 1 fully saturated rings. The van der Waals surface area contributed by atoms with Crippen molar-refractivity contribution in [3.8, 4) is 0 Å². The summed E-state index contributed by atoms with van der Waals surface area (Å²) in [7, 11) is 0. The number of halogens is 3. The summed E-state index contributed by atoms with van der Waals surface area (Å²) in [6.07, 6.45) is 1.64. The van der Waals surface area contributed by atoms with E-state index in [1.807, 2.05) is 18.2 Å². The van der Waals surface area contributed by atoms with Crippen LogP contribution in [0.3, 0.4) is 0 Å². The van der Waals surface area contributed by atoms with E-state index in [4.69, 9.17) is 39.8 Å². The second kappa shape index (κ2) is 8.53. The van der Waals surface area contributed by atoms with Gasteiger partial charge in [0.1, 0.15) is 11.6 Å². The SMILES string of the molecule is O=C1/C(=C\c2ccc(Sc3ccc(Cl)cc3)o2)SC(=S)N1c1ccc(F)c(Cl)c1. The highest BCUT2D eigenvalue weighted by atomic mass is 35.5. The second-order valence-corrected chi connectivity index (χ2v) is 9.43. The van der Waals surface area contributed by atoms with E-state index in [2.05, 4.69) is 0 Å². The molecule has 0 bridgehead atoms. The average Bonchev–Trinajstić information content (AvgIpc) is 3.24. The fourth-order valence-electron chi connectivity index (χ4n) is 2.53. The van der Waals surface area contributed by atoms with Crippen LogP contribution in [0, 0.1) is 5.82 Å². The number of thioether (sulfide) groups is 1. The lowest BCUT2D eigenvalue weighted by molar-refractivity contribution is -0.113. The molecule has 1 aromatic heterocycles. The number of nitrogens with zero attached hydrogens (tertiary/aromatic N) is 1. The zero-order chi connectivity index (χ0) is 20.5. The van der Waals surface area contributed by atoms with Crippen LogP contribution in [0.1, 0.15) is 5.76 Å². The molecule has 0 saturated carbocycles. The Morgan fingerprint density at radius 2 is 1.86 bits per heavy atom. The van der Waals surface area contributed by atoms with E-state index in [0.29, 0.717) is 30.8 Å². The number of furan rings is 1. The molecule has 1 amide bonds. The van der Waals surface area contributed by atoms with Gasteiger partial charge in [-0.15, -0.1) is 0 Å². The van der Waals surface area contributed by atoms with Gasteiger partial charge in [-0.05, 0) is 54.6 Å². The van der Waals surface area contributed by atoms with Gasteiger partial charge >= 0.3 is 0 Å². The molecule has 0 atom stereocenters. The molecule has 2 heterocycles. The van der Waals surface area contributed by atoms with Crippen molar-refractivity contribution in [3.63, 3.8) is 0 Å². The molecule has 0 aliphatic carbocycles. The molecule has 4 rings (SSSR count). The van der Waals surface area contributed by atoms with Crippen LogP contribution in [0.15, 0.2) is 73.9 Å². The molecule has 3 aromatic rings. The molecule has 146 valence electrons. The predicted octanol–water partition coefficient (Wildman–Crippen LogP) is 7.28. The van der Waals surface area contributed by atoms with E-state index in [0.717, 1.165) is 16.7 Å². The highest BCUT2D eigenvalue weighted by Crippen LogP contribution is 2.38. The number of carbonyl (C=O) groups excluding carboxylic acids is 1. The van der Waals surface area contributed by atoms with Crippen molar-refractivity contribution >= 4 is 80.9 Å². The van der Waals surface area contributed by atoms with Crippen molar-refractivity contribution in [3.05, 3.63) is 81.1 Å². The Bertz CT molecular complexity index is 1140. The minimum absolute atomic E-state index is 0.0737. The average molecular weight is 482 g/mol. The fourth-order valence-corrected chi connectivity index (χ4v) is 4.89. The highest BCUT2D eigenvalue weighted by Gasteiger charge is 2.33. The first-order valence-electron chi connectivity index (χ1n) is 8.17. The van der Waals surface area contributed by atoms with Gasteiger partial charge in [0.25, 0.3) is 5.91 Å². The Balaban J connectivity index is 1.53. The van der Waals surface area contributed by atoms with Crippen LogP contribution >= 0.6 is 58.9 Å². The number of hydrogen-bond donors (Lipinski definition) is 0. The minimum atomic E-state index is -0.558. The zero-order valence-electron chi connectivity index (χ0n) is 14.4. The first-order chi connectivity index (χ1) is 13.9. The van der Waals surface area contributed by atoms with Gasteiger partial charge in [0.15, 0.2) is 9.41 Å². The largest absolute Gasteiger partial charge is 0.450 e. The lowest BCUT2D eigenvalue weighted by Gasteiger charge is -2.14. The lowest BCUT2D eigenvalue weighted by Crippen LogP contribution is -2.27. The van der Waals surface area contributed by atoms with Gasteiger partial charge in [0.05, 0.1) is 15.6 Å². The third-order valence-corrected chi connectivity index (χ3v) is 6.63. The number of hydrogen-bond acceptors (Lipinski definition) is 5. The molecule has 1 saturated heterocycles. The van der Waals surface area contributed by atoms with Crippen LogP contribution in [0.4, 0.5) is 10.1 Å². The van der Waals surface area contributed by atoms with Gasteiger partial charge in [0, 0.05) is 16.0 Å². The molecule has 9 heteroatoms. The first kappa shape index (κ1) is 20.5. The lowest BCUT2D eigenvalue weighted by atomic mass is 10.2. The number of benzene rings is 2. The van der Waals surface area contributed by atoms with Crippen LogP contribution in [0.25, 0.3) is 6.08 Å². The summed E-state index contributed by atoms with van der Waals surface area (Å²) in [5.41, 5.74) is 0.417. The Labute approximate surface area is 189 Å². The Hall–Kier alpha value is -1.77. The number of amides is 1. The van der Waals surface area contributed by atoms with E-state index in [-0.39, 0.29) is 10.9 Å². The molecule has 29 heavy (non-hydrogen) atoms. The normalized spacial score (nSPS) is 15.6. The van der Waals surface area contributed by atoms with E-state index in [9.17, 15) is 9.18 Å². The van der Waals surface area contributed by atoms with Crippen molar-refractivity contribution in [2.75, 3.05) is 4.90 Å². The van der Waals surface area contributed by atoms with Crippen molar-refractivity contribution in [1.29, 1.82) is 0 Å². The minimum Gasteiger partial charge on any atom is -0.450 e. The molecule has 0 unspecified atom stereocenters. The molecule has 1 aliphatic rings. The Morgan fingerprint density at radius 3 is 2.59 bits per heavy atom. The molecule has 2 aromatic carbocycles. The molecule has 1 aliphatic heterocycles. The Morgan fingerprint density at radius 1 is 1.10 bits per heavy atom. The standard InChI is InChI=1S/C20H10Cl2FNO2S3/c21-11-1-5-14(6-2-11)28-18-8-4-13(26-18)10-17-19(25)24(20(27)29-17)12-3-7-16(23)15(22)9-12/h1-10H/b17-10+. The maximum atomic E-state index is 13.4. The molecule has 0 spiro atoms. The maximum absolute atomic E-state index is 13.4. The van der Waals surface area contributed by atoms with E-state index < -0.39 is 5.82 Å². The number of anilines is 1. The van der Waals surface area contributed by atoms with Gasteiger partial charge in [-0.25, -0.2) is 4.39 Å². The summed E-state index contributed by atoms with van der Waals surface area (Å²) in [5, 5.41) is 1.27. The smallest absolute Gasteiger partial charge is 0.270 e. The highest BCUT2D eigenvalue weighted by molar-refractivity contribution is 8.27. The van der Waals surface area contributed by atoms with Crippen LogP contribution in [-0.2, 0) is 4.79 Å². The monoisotopic (exact) mass is 481 g/mol. The second-order valence-electron chi connectivity index (χ2n) is 5.83. The van der Waals surface area contributed by atoms with Crippen LogP contribution < -0.4 is 4.90 Å². The van der Waals surface area contributed by atoms with Crippen molar-refractivity contribution in [1.82, 2.24) is 0 Å². The van der Waals surface area contributed by atoms with E-state index in [1.165, 1.54) is 34.9 Å². The third kappa shape index (κ3) is 4.54. The molecular weight excluding hydrogens is 472 g/mol. The fraction of sp³-hybridized carbons (Fsp3) is 0. The zero-order valence-corrected chi connectivity index (χ0v) is 18.4. The van der Waals surface area contributed by atoms with E-state index in [1.54, 1.807) is 24.3 Å². The van der Waals surface area contributed by atoms with Crippen molar-refractivity contribution < 1.29 is 13.6 Å². The molecular formula is C20H10Cl2FNO2S3. The number of thiocarbonyl (C=S) groups is 1. The third-order valence-electron chi connectivity index (χ3n) is 3.86. The van der Waals surface area contributed by atoms with E-state index >= 15 is 0 Å². The van der Waals surface area contributed by atoms with Crippen molar-refractivity contribution in [2.24, 2.45) is 0 Å². The summed E-state index contributed by atoms with van der Waals surface area (Å²) in [4.78, 5) is 15.5. The summed E-state index contributed by atoms with van der Waals surface area (Å²) >= 11 is 19.6. The number of rotatable bonds is 4. The van der Waals surface area contributed by atoms with Crippen LogP contribution in [0.2, 0.25) is 10.0 Å². The summed E-state index contributed by atoms with van der Waals surface area (Å²) in [5.74, 6) is -0.345. The maximum Gasteiger partial charge on any atom is 0.270 e. The van der Waals surface area contributed by atoms with Gasteiger partial charge in [-0.1, -0.05) is 58.9 Å². The van der Waals surface area contributed by atoms with Crippen LogP contribution in [-0.4, -0.2) is 10.2 Å². The van der Waals surface area contributed by atoms with Gasteiger partial charge in [0.2, 0.25) is 0 Å². The van der Waals surface area contributed by atoms with Gasteiger partial charge in [-0.2, -0.15) is 0 Å². The summed E-state index contributed by atoms with van der Waals surface area (Å²) in [6, 6.07) is 15.0. The molecule has 0 radical (unpaired) electrons. The Kier molecular flexibility index (Phi) is 6.03. The van der Waals surface area contributed by atoms with Crippen molar-refractivity contribution in [2.45, 2.75) is 9.99 Å². The topological polar surface area (TPSA) is 33.5 Å². The van der Waals surface area contributed by atoms with Gasteiger partial charge in [-0.3, -0.25) is 9.69 Å². The van der Waals surface area contributed by atoms with Crippen LogP contribution in [0.5, 0.6) is 0 Å². The molecule has 0 N–H and O–H groups in total. The predicted molar refractivity (Wildman–Crippen MR) is 121 cm³/mol. The summed E-state index contributed by atoms with van der Waals surface area (Å²) in [6.45, 7) is 0.